The van der Waals surface area contributed by atoms with Crippen LogP contribution in [0.15, 0.2) is 40.6 Å². The predicted octanol–water partition coefficient (Wildman–Crippen LogP) is 3.61. The molecule has 0 spiro atoms. The minimum absolute atomic E-state index is 0.0751. The summed E-state index contributed by atoms with van der Waals surface area (Å²) in [6, 6.07) is 11.0. The fourth-order valence-corrected chi connectivity index (χ4v) is 2.59. The Morgan fingerprint density at radius 1 is 1.44 bits per heavy atom. The lowest BCUT2D eigenvalue weighted by Gasteiger charge is -2.04. The first kappa shape index (κ1) is 16.4. The summed E-state index contributed by atoms with van der Waals surface area (Å²) in [6.45, 7) is 2.25. The van der Waals surface area contributed by atoms with Crippen LogP contribution in [-0.2, 0) is 6.54 Å². The molecule has 0 unspecified atom stereocenters. The molecule has 0 bridgehead atoms. The van der Waals surface area contributed by atoms with Crippen LogP contribution in [-0.4, -0.2) is 25.8 Å². The summed E-state index contributed by atoms with van der Waals surface area (Å²) in [4.78, 5) is 12.0. The standard InChI is InChI=1S/C17H16N6O2/c1-11-10-13(20-19-11)16(24)22-21-15-12-6-2-3-7-14(12)23(17(15)25)9-5-4-8-18/h2-3,6-7,10,25H,4-5,9H2,1H3,(H,19,20). The molecule has 2 aromatic heterocycles. The molecule has 0 saturated heterocycles. The van der Waals surface area contributed by atoms with Crippen LogP contribution < -0.4 is 0 Å². The second-order valence-electron chi connectivity index (χ2n) is 5.54. The molecule has 8 nitrogen and oxygen atoms in total. The van der Waals surface area contributed by atoms with Crippen LogP contribution in [0, 0.1) is 18.3 Å². The number of aromatic amines is 1. The van der Waals surface area contributed by atoms with Crippen molar-refractivity contribution >= 4 is 22.5 Å². The van der Waals surface area contributed by atoms with Crippen LogP contribution in [0.5, 0.6) is 5.88 Å². The second-order valence-corrected chi connectivity index (χ2v) is 5.54. The number of amides is 1. The first-order chi connectivity index (χ1) is 12.1. The number of nitriles is 1. The summed E-state index contributed by atoms with van der Waals surface area (Å²) in [5, 5.41) is 34.0. The highest BCUT2D eigenvalue weighted by Crippen LogP contribution is 2.39. The summed E-state index contributed by atoms with van der Waals surface area (Å²) in [7, 11) is 0. The van der Waals surface area contributed by atoms with E-state index in [2.05, 4.69) is 26.5 Å². The minimum atomic E-state index is -0.593. The van der Waals surface area contributed by atoms with E-state index in [0.717, 1.165) is 11.2 Å². The summed E-state index contributed by atoms with van der Waals surface area (Å²) in [6.07, 6.45) is 0.991. The smallest absolute Gasteiger partial charge is 0.315 e. The number of aryl methyl sites for hydroxylation is 2. The SMILES string of the molecule is Cc1cc(C(=O)N=Nc2c(O)n(CCCC#N)c3ccccc23)n[nH]1. The van der Waals surface area contributed by atoms with E-state index in [1.54, 1.807) is 23.6 Å². The van der Waals surface area contributed by atoms with Crippen molar-refractivity contribution in [1.82, 2.24) is 14.8 Å². The lowest BCUT2D eigenvalue weighted by Crippen LogP contribution is -1.96. The largest absolute Gasteiger partial charge is 0.493 e. The average molecular weight is 336 g/mol. The number of para-hydroxylation sites is 1. The number of rotatable bonds is 5. The Bertz CT molecular complexity index is 992. The third-order valence-electron chi connectivity index (χ3n) is 3.75. The van der Waals surface area contributed by atoms with Gasteiger partial charge in [-0.05, 0) is 25.5 Å². The van der Waals surface area contributed by atoms with Crippen LogP contribution >= 0.6 is 0 Å². The van der Waals surface area contributed by atoms with Gasteiger partial charge in [0.15, 0.2) is 11.4 Å². The van der Waals surface area contributed by atoms with Crippen LogP contribution in [0.3, 0.4) is 0 Å². The molecule has 2 heterocycles. The number of unbranched alkanes of at least 4 members (excludes halogenated alkanes) is 1. The zero-order chi connectivity index (χ0) is 17.8. The van der Waals surface area contributed by atoms with Gasteiger partial charge in [0.2, 0.25) is 5.88 Å². The number of aromatic hydroxyl groups is 1. The molecular formula is C17H16N6O2. The maximum absolute atomic E-state index is 12.0. The third-order valence-corrected chi connectivity index (χ3v) is 3.75. The van der Waals surface area contributed by atoms with Gasteiger partial charge in [0.05, 0.1) is 11.6 Å². The molecule has 25 heavy (non-hydrogen) atoms. The molecule has 8 heteroatoms. The van der Waals surface area contributed by atoms with Crippen molar-refractivity contribution in [3.05, 3.63) is 41.7 Å². The lowest BCUT2D eigenvalue weighted by molar-refractivity contribution is 0.0990. The van der Waals surface area contributed by atoms with Crippen LogP contribution in [0.2, 0.25) is 0 Å². The maximum Gasteiger partial charge on any atom is 0.315 e. The monoisotopic (exact) mass is 336 g/mol. The fraction of sp³-hybridized carbons (Fsp3) is 0.235. The molecule has 3 aromatic rings. The lowest BCUT2D eigenvalue weighted by atomic mass is 10.2. The van der Waals surface area contributed by atoms with Gasteiger partial charge >= 0.3 is 5.91 Å². The molecular weight excluding hydrogens is 320 g/mol. The number of fused-ring (bicyclic) bond motifs is 1. The first-order valence-electron chi connectivity index (χ1n) is 7.77. The Hall–Kier alpha value is -3.47. The van der Waals surface area contributed by atoms with E-state index < -0.39 is 5.91 Å². The number of nitrogens with one attached hydrogen (secondary N) is 1. The van der Waals surface area contributed by atoms with E-state index in [0.29, 0.717) is 24.8 Å². The van der Waals surface area contributed by atoms with E-state index in [4.69, 9.17) is 5.26 Å². The number of hydrogen-bond acceptors (Lipinski definition) is 5. The van der Waals surface area contributed by atoms with Gasteiger partial charge in [-0.15, -0.1) is 10.2 Å². The molecule has 0 saturated carbocycles. The number of nitrogens with zero attached hydrogens (tertiary/aromatic N) is 5. The molecule has 0 aliphatic heterocycles. The third kappa shape index (κ3) is 3.26. The summed E-state index contributed by atoms with van der Waals surface area (Å²) in [5.74, 6) is -0.668. The molecule has 0 atom stereocenters. The molecule has 0 fully saturated rings. The van der Waals surface area contributed by atoms with Crippen molar-refractivity contribution in [2.45, 2.75) is 26.3 Å². The van der Waals surface area contributed by atoms with Crippen molar-refractivity contribution in [2.24, 2.45) is 10.2 Å². The Morgan fingerprint density at radius 3 is 2.96 bits per heavy atom. The fourth-order valence-electron chi connectivity index (χ4n) is 2.59. The zero-order valence-electron chi connectivity index (χ0n) is 13.6. The van der Waals surface area contributed by atoms with E-state index in [1.165, 1.54) is 0 Å². The molecule has 1 aromatic carbocycles. The first-order valence-corrected chi connectivity index (χ1v) is 7.77. The van der Waals surface area contributed by atoms with E-state index in [9.17, 15) is 9.90 Å². The molecule has 1 amide bonds. The van der Waals surface area contributed by atoms with Gasteiger partial charge in [0.1, 0.15) is 0 Å². The quantitative estimate of drug-likeness (QED) is 0.546. The number of hydrogen-bond donors (Lipinski definition) is 2. The van der Waals surface area contributed by atoms with E-state index in [-0.39, 0.29) is 17.3 Å². The Balaban J connectivity index is 1.95. The van der Waals surface area contributed by atoms with Crippen molar-refractivity contribution in [1.29, 1.82) is 5.26 Å². The number of H-pyrrole nitrogens is 1. The normalized spacial score (nSPS) is 11.2. The van der Waals surface area contributed by atoms with Crippen molar-refractivity contribution in [3.8, 4) is 11.9 Å². The zero-order valence-corrected chi connectivity index (χ0v) is 13.6. The second kappa shape index (κ2) is 6.97. The summed E-state index contributed by atoms with van der Waals surface area (Å²) in [5.41, 5.74) is 1.91. The van der Waals surface area contributed by atoms with Gasteiger partial charge in [-0.1, -0.05) is 18.2 Å². The Kier molecular flexibility index (Phi) is 4.57. The van der Waals surface area contributed by atoms with Crippen LogP contribution in [0.25, 0.3) is 10.9 Å². The predicted molar refractivity (Wildman–Crippen MR) is 90.6 cm³/mol. The van der Waals surface area contributed by atoms with Crippen molar-refractivity contribution in [3.63, 3.8) is 0 Å². The highest BCUT2D eigenvalue weighted by atomic mass is 16.3. The van der Waals surface area contributed by atoms with Gasteiger partial charge in [-0.25, -0.2) is 0 Å². The van der Waals surface area contributed by atoms with E-state index in [1.807, 2.05) is 18.2 Å². The van der Waals surface area contributed by atoms with Gasteiger partial charge < -0.3 is 9.67 Å². The van der Waals surface area contributed by atoms with Crippen LogP contribution in [0.4, 0.5) is 5.69 Å². The molecule has 2 N–H and O–H groups in total. The van der Waals surface area contributed by atoms with E-state index >= 15 is 0 Å². The maximum atomic E-state index is 12.0. The Morgan fingerprint density at radius 2 is 2.24 bits per heavy atom. The highest BCUT2D eigenvalue weighted by Gasteiger charge is 2.17. The average Bonchev–Trinajstić information content (AvgIpc) is 3.16. The number of azo groups is 1. The number of aromatic nitrogens is 3. The molecule has 0 aliphatic rings. The topological polar surface area (TPSA) is 119 Å². The number of carbonyl (C=O) groups is 1. The number of carbonyl (C=O) groups excluding carboxylic acids is 1. The molecule has 0 aliphatic carbocycles. The van der Waals surface area contributed by atoms with Gasteiger partial charge in [0.25, 0.3) is 0 Å². The van der Waals surface area contributed by atoms with Gasteiger partial charge in [0, 0.05) is 24.0 Å². The summed E-state index contributed by atoms with van der Waals surface area (Å²) < 4.78 is 1.67. The van der Waals surface area contributed by atoms with Gasteiger partial charge in [-0.3, -0.25) is 9.89 Å². The van der Waals surface area contributed by atoms with Gasteiger partial charge in [-0.2, -0.15) is 10.4 Å². The van der Waals surface area contributed by atoms with Crippen molar-refractivity contribution in [2.75, 3.05) is 0 Å². The Labute approximate surface area is 143 Å². The molecule has 0 radical (unpaired) electrons. The van der Waals surface area contributed by atoms with Crippen molar-refractivity contribution < 1.29 is 9.90 Å². The number of benzene rings is 1. The minimum Gasteiger partial charge on any atom is -0.493 e. The molecule has 126 valence electrons. The summed E-state index contributed by atoms with van der Waals surface area (Å²) >= 11 is 0. The molecule has 3 rings (SSSR count). The highest BCUT2D eigenvalue weighted by molar-refractivity contribution is 5.96. The van der Waals surface area contributed by atoms with Crippen LogP contribution in [0.1, 0.15) is 29.0 Å².